The average molecular weight is 715 g/mol. The van der Waals surface area contributed by atoms with Crippen molar-refractivity contribution in [3.8, 4) is 11.5 Å². The van der Waals surface area contributed by atoms with Crippen LogP contribution in [0.3, 0.4) is 0 Å². The SMILES string of the molecule is CC(C)N(C(=O)c1cc(F)ccc1Oc1cncnc1N1CC2(CCN(C[C@@H]3CC[C@@H](N(N4CC5(CCO5)C4)S(=O)[O-])CO3)CC2)C1)C(C)C. The molecule has 2 spiro atoms. The van der Waals surface area contributed by atoms with Crippen molar-refractivity contribution in [3.05, 3.63) is 42.1 Å². The van der Waals surface area contributed by atoms with Gasteiger partial charge in [-0.05, 0) is 84.7 Å². The molecule has 0 aliphatic carbocycles. The second-order valence-electron chi connectivity index (χ2n) is 15.3. The molecule has 5 saturated heterocycles. The lowest BCUT2D eigenvalue weighted by Gasteiger charge is -2.59. The normalized spacial score (nSPS) is 25.4. The largest absolute Gasteiger partial charge is 0.759 e. The van der Waals surface area contributed by atoms with Gasteiger partial charge in [0.2, 0.25) is 0 Å². The first-order valence-corrected chi connectivity index (χ1v) is 18.9. The van der Waals surface area contributed by atoms with Gasteiger partial charge in [-0.25, -0.2) is 19.4 Å². The molecular formula is C35H49FN7O6S-. The number of benzene rings is 1. The smallest absolute Gasteiger partial charge is 0.258 e. The Labute approximate surface area is 296 Å². The van der Waals surface area contributed by atoms with Crippen LogP contribution in [0.15, 0.2) is 30.7 Å². The van der Waals surface area contributed by atoms with Crippen molar-refractivity contribution in [2.45, 2.75) is 89.6 Å². The van der Waals surface area contributed by atoms with Crippen molar-refractivity contribution in [3.63, 3.8) is 0 Å². The van der Waals surface area contributed by atoms with Crippen LogP contribution < -0.4 is 9.64 Å². The van der Waals surface area contributed by atoms with Crippen LogP contribution in [-0.4, -0.2) is 133 Å². The minimum Gasteiger partial charge on any atom is -0.759 e. The summed E-state index contributed by atoms with van der Waals surface area (Å²) in [6.45, 7) is 14.6. The van der Waals surface area contributed by atoms with Crippen molar-refractivity contribution in [1.82, 2.24) is 29.2 Å². The van der Waals surface area contributed by atoms with E-state index in [1.54, 1.807) is 11.1 Å². The van der Waals surface area contributed by atoms with Gasteiger partial charge in [-0.2, -0.15) is 4.41 Å². The Bertz CT molecular complexity index is 1540. The molecule has 0 radical (unpaired) electrons. The van der Waals surface area contributed by atoms with Crippen LogP contribution in [0, 0.1) is 11.2 Å². The molecule has 0 N–H and O–H groups in total. The number of rotatable bonds is 11. The van der Waals surface area contributed by atoms with Crippen LogP contribution in [-0.2, 0) is 20.7 Å². The van der Waals surface area contributed by atoms with E-state index in [-0.39, 0.29) is 52.5 Å². The lowest BCUT2D eigenvalue weighted by atomic mass is 9.72. The van der Waals surface area contributed by atoms with E-state index in [0.29, 0.717) is 31.3 Å². The van der Waals surface area contributed by atoms with Crippen LogP contribution in [0.5, 0.6) is 11.5 Å². The zero-order chi connectivity index (χ0) is 35.2. The summed E-state index contributed by atoms with van der Waals surface area (Å²) < 4.78 is 58.3. The van der Waals surface area contributed by atoms with E-state index in [9.17, 15) is 17.9 Å². The van der Waals surface area contributed by atoms with Gasteiger partial charge in [-0.3, -0.25) is 9.00 Å². The minimum absolute atomic E-state index is 0.0695. The predicted molar refractivity (Wildman–Crippen MR) is 184 cm³/mol. The highest BCUT2D eigenvalue weighted by atomic mass is 32.2. The first-order chi connectivity index (χ1) is 23.9. The van der Waals surface area contributed by atoms with Crippen LogP contribution in [0.4, 0.5) is 10.2 Å². The molecule has 5 aliphatic rings. The van der Waals surface area contributed by atoms with E-state index in [0.717, 1.165) is 71.4 Å². The molecular weight excluding hydrogens is 665 g/mol. The molecule has 1 unspecified atom stereocenters. The van der Waals surface area contributed by atoms with E-state index in [1.165, 1.54) is 28.9 Å². The third-order valence-corrected chi connectivity index (χ3v) is 12.0. The van der Waals surface area contributed by atoms with Crippen molar-refractivity contribution >= 4 is 23.0 Å². The zero-order valence-corrected chi connectivity index (χ0v) is 30.3. The quantitative estimate of drug-likeness (QED) is 0.317. The molecule has 5 aliphatic heterocycles. The Morgan fingerprint density at radius 1 is 1.10 bits per heavy atom. The molecule has 1 aromatic heterocycles. The van der Waals surface area contributed by atoms with Crippen LogP contribution in [0.25, 0.3) is 0 Å². The molecule has 7 rings (SSSR count). The Hall–Kier alpha value is -2.79. The summed E-state index contributed by atoms with van der Waals surface area (Å²) in [4.78, 5) is 28.7. The van der Waals surface area contributed by atoms with Crippen molar-refractivity contribution in [2.75, 3.05) is 63.9 Å². The van der Waals surface area contributed by atoms with Gasteiger partial charge in [0.05, 0.1) is 42.7 Å². The summed E-state index contributed by atoms with van der Waals surface area (Å²) in [5.41, 5.74) is 0.210. The third kappa shape index (κ3) is 7.14. The molecule has 1 amide bonds. The molecule has 2 aromatic rings. The number of aromatic nitrogens is 2. The maximum atomic E-state index is 14.4. The highest BCUT2D eigenvalue weighted by molar-refractivity contribution is 7.76. The topological polar surface area (TPSA) is 127 Å². The fourth-order valence-corrected chi connectivity index (χ4v) is 9.10. The average Bonchev–Trinajstić information content (AvgIpc) is 3.02. The summed E-state index contributed by atoms with van der Waals surface area (Å²) in [6.07, 6.45) is 7.90. The molecule has 15 heteroatoms. The monoisotopic (exact) mass is 714 g/mol. The van der Waals surface area contributed by atoms with Gasteiger partial charge in [0.25, 0.3) is 5.91 Å². The zero-order valence-electron chi connectivity index (χ0n) is 29.5. The van der Waals surface area contributed by atoms with Crippen molar-refractivity contribution in [2.24, 2.45) is 5.41 Å². The molecule has 0 bridgehead atoms. The van der Waals surface area contributed by atoms with Gasteiger partial charge in [-0.15, -0.1) is 0 Å². The van der Waals surface area contributed by atoms with Gasteiger partial charge in [0, 0.05) is 67.9 Å². The highest BCUT2D eigenvalue weighted by Crippen LogP contribution is 2.45. The molecule has 3 atom stereocenters. The Morgan fingerprint density at radius 2 is 1.82 bits per heavy atom. The number of hydrazine groups is 1. The van der Waals surface area contributed by atoms with E-state index >= 15 is 0 Å². The Kier molecular flexibility index (Phi) is 10.2. The number of carbonyl (C=O) groups excluding carboxylic acids is 1. The number of piperidine rings is 1. The lowest BCUT2D eigenvalue weighted by molar-refractivity contribution is -0.263. The van der Waals surface area contributed by atoms with Gasteiger partial charge in [-0.1, -0.05) is 0 Å². The highest BCUT2D eigenvalue weighted by Gasteiger charge is 2.52. The Morgan fingerprint density at radius 3 is 2.42 bits per heavy atom. The summed E-state index contributed by atoms with van der Waals surface area (Å²) in [6, 6.07) is 3.71. The van der Waals surface area contributed by atoms with Crippen LogP contribution in [0.1, 0.15) is 70.2 Å². The Balaban J connectivity index is 0.909. The second-order valence-corrected chi connectivity index (χ2v) is 16.1. The fraction of sp³-hybridized carbons (Fsp3) is 0.686. The number of hydrogen-bond acceptors (Lipinski definition) is 11. The maximum Gasteiger partial charge on any atom is 0.258 e. The summed E-state index contributed by atoms with van der Waals surface area (Å²) in [5.74, 6) is 0.562. The first-order valence-electron chi connectivity index (χ1n) is 17.9. The first kappa shape index (κ1) is 35.6. The van der Waals surface area contributed by atoms with Gasteiger partial charge >= 0.3 is 0 Å². The third-order valence-electron chi connectivity index (χ3n) is 11.1. The minimum atomic E-state index is -2.34. The lowest BCUT2D eigenvalue weighted by Crippen LogP contribution is -2.73. The second kappa shape index (κ2) is 14.3. The fourth-order valence-electron chi connectivity index (χ4n) is 8.38. The predicted octanol–water partition coefficient (Wildman–Crippen LogP) is 3.60. The van der Waals surface area contributed by atoms with Crippen molar-refractivity contribution < 1.29 is 32.2 Å². The molecule has 13 nitrogen and oxygen atoms in total. The standard InChI is InChI=1S/C35H50FN7O6S/c1-24(2)42(25(3)4)33(44)29-15-26(36)5-8-30(29)49-31-16-37-23-38-32(31)40-19-34(20-40)9-12-39(13-10-34)17-28-7-6-27(18-47-28)43(50(45)46)41-21-35(22-41)11-14-48-35/h5,8,15-16,23-25,27-28H,6-7,9-14,17-22H2,1-4H3,(H,45,46)/p-1/t27-,28+/m1/s1. The molecule has 50 heavy (non-hydrogen) atoms. The van der Waals surface area contributed by atoms with Crippen LogP contribution >= 0.6 is 0 Å². The van der Waals surface area contributed by atoms with E-state index < -0.39 is 17.1 Å². The number of amides is 1. The van der Waals surface area contributed by atoms with E-state index in [4.69, 9.17) is 14.2 Å². The van der Waals surface area contributed by atoms with Gasteiger partial charge in [0.1, 0.15) is 17.9 Å². The molecule has 0 saturated carbocycles. The van der Waals surface area contributed by atoms with E-state index in [1.807, 2.05) is 32.7 Å². The molecule has 274 valence electrons. The van der Waals surface area contributed by atoms with Gasteiger partial charge < -0.3 is 33.5 Å². The van der Waals surface area contributed by atoms with Crippen molar-refractivity contribution in [1.29, 1.82) is 0 Å². The number of likely N-dealkylation sites (tertiary alicyclic amines) is 1. The summed E-state index contributed by atoms with van der Waals surface area (Å²) in [5, 5.41) is 1.88. The molecule has 5 fully saturated rings. The van der Waals surface area contributed by atoms with Gasteiger partial charge in [0.15, 0.2) is 11.6 Å². The molecule has 6 heterocycles. The summed E-state index contributed by atoms with van der Waals surface area (Å²) >= 11 is -2.34. The summed E-state index contributed by atoms with van der Waals surface area (Å²) in [7, 11) is 0. The van der Waals surface area contributed by atoms with E-state index in [2.05, 4.69) is 19.8 Å². The number of carbonyl (C=O) groups is 1. The number of nitrogens with zero attached hydrogens (tertiary/aromatic N) is 7. The number of halogens is 1. The van der Waals surface area contributed by atoms with Crippen LogP contribution in [0.2, 0.25) is 0 Å². The number of anilines is 1. The molecule has 1 aromatic carbocycles. The number of hydrogen-bond donors (Lipinski definition) is 0. The maximum absolute atomic E-state index is 14.4. The number of ether oxygens (including phenoxy) is 3.